The fraction of sp³-hybridized carbons (Fsp3) is 0.111. The van der Waals surface area contributed by atoms with E-state index in [0.717, 1.165) is 124 Å². The summed E-state index contributed by atoms with van der Waals surface area (Å²) in [5, 5.41) is 4.91. The number of fused-ring (bicyclic) bond motifs is 10. The summed E-state index contributed by atoms with van der Waals surface area (Å²) in [5.41, 5.74) is 34.9. The van der Waals surface area contributed by atoms with E-state index in [-0.39, 0.29) is 23.0 Å². The van der Waals surface area contributed by atoms with Crippen molar-refractivity contribution in [2.75, 3.05) is 14.7 Å². The maximum atomic E-state index is 2.73. The molecule has 2 aliphatic heterocycles. The van der Waals surface area contributed by atoms with E-state index >= 15 is 0 Å². The van der Waals surface area contributed by atoms with Gasteiger partial charge in [-0.05, 0) is 221 Å². The van der Waals surface area contributed by atoms with E-state index < -0.39 is 0 Å². The van der Waals surface area contributed by atoms with E-state index in [2.05, 4.69) is 456 Å². The van der Waals surface area contributed by atoms with Crippen LogP contribution >= 0.6 is 0 Å². The van der Waals surface area contributed by atoms with E-state index in [9.17, 15) is 0 Å². The Morgan fingerprint density at radius 3 is 1.05 bits per heavy atom. The zero-order chi connectivity index (χ0) is 77.3. The van der Waals surface area contributed by atoms with Gasteiger partial charge in [-0.3, -0.25) is 0 Å². The molecule has 0 saturated carbocycles. The van der Waals surface area contributed by atoms with Gasteiger partial charge in [-0.1, -0.05) is 305 Å². The van der Waals surface area contributed by atoms with Crippen LogP contribution in [0.5, 0.6) is 0 Å². The van der Waals surface area contributed by atoms with Crippen molar-refractivity contribution in [2.24, 2.45) is 0 Å². The van der Waals surface area contributed by atoms with Gasteiger partial charge in [0.15, 0.2) is 0 Å². The van der Waals surface area contributed by atoms with E-state index in [1.807, 2.05) is 0 Å². The smallest absolute Gasteiger partial charge is 0.252 e. The van der Waals surface area contributed by atoms with Crippen LogP contribution in [-0.4, -0.2) is 15.8 Å². The van der Waals surface area contributed by atoms with Crippen molar-refractivity contribution in [3.8, 4) is 67.0 Å². The Hall–Kier alpha value is -13.4. The Morgan fingerprint density at radius 1 is 0.237 bits per heavy atom. The molecule has 0 N–H and O–H groups in total. The number of hydrogen-bond acceptors (Lipinski definition) is 3. The third kappa shape index (κ3) is 11.9. The summed E-state index contributed by atoms with van der Waals surface area (Å²) in [6.07, 6.45) is 0. The van der Waals surface area contributed by atoms with Gasteiger partial charge in [0.05, 0.1) is 27.8 Å². The molecule has 548 valence electrons. The predicted molar refractivity (Wildman–Crippen MR) is 487 cm³/mol. The van der Waals surface area contributed by atoms with E-state index in [0.29, 0.717) is 0 Å². The molecule has 18 aromatic rings. The Balaban J connectivity index is 0.935. The first-order chi connectivity index (χ1) is 55.4. The molecule has 0 saturated heterocycles. The summed E-state index contributed by atoms with van der Waals surface area (Å²) in [6.45, 7) is 21.0. The third-order valence-electron chi connectivity index (χ3n) is 23.9. The van der Waals surface area contributed by atoms with Crippen LogP contribution in [0.4, 0.5) is 51.2 Å². The van der Waals surface area contributed by atoms with Crippen LogP contribution in [0, 0.1) is 0 Å². The van der Waals surface area contributed by atoms with Crippen LogP contribution in [0.3, 0.4) is 0 Å². The Morgan fingerprint density at radius 2 is 0.588 bits per heavy atom. The lowest BCUT2D eigenvalue weighted by Crippen LogP contribution is -2.61. The molecular weight excluding hydrogens is 1380 g/mol. The summed E-state index contributed by atoms with van der Waals surface area (Å²) in [6, 6.07) is 140. The first kappa shape index (κ1) is 69.8. The zero-order valence-corrected chi connectivity index (χ0v) is 66.0. The molecule has 0 unspecified atom stereocenters. The first-order valence-electron chi connectivity index (χ1n) is 40.2. The minimum atomic E-state index is -0.287. The molecule has 0 bridgehead atoms. The second-order valence-corrected chi connectivity index (χ2v) is 34.1. The highest BCUT2D eigenvalue weighted by atomic mass is 15.2. The van der Waals surface area contributed by atoms with Gasteiger partial charge in [-0.15, -0.1) is 0 Å². The zero-order valence-electron chi connectivity index (χ0n) is 66.0. The molecule has 6 heteroatoms. The lowest BCUT2D eigenvalue weighted by Gasteiger charge is -2.46. The van der Waals surface area contributed by atoms with Crippen LogP contribution in [0.15, 0.2) is 370 Å². The molecular formula is C108H88BN5. The number of anilines is 9. The minimum Gasteiger partial charge on any atom is -0.311 e. The monoisotopic (exact) mass is 1470 g/mol. The van der Waals surface area contributed by atoms with Crippen molar-refractivity contribution in [3.63, 3.8) is 0 Å². The molecule has 0 amide bonds. The summed E-state index contributed by atoms with van der Waals surface area (Å²) in [4.78, 5) is 7.85. The van der Waals surface area contributed by atoms with E-state index in [1.54, 1.807) is 0 Å². The second kappa shape index (κ2) is 27.2. The molecule has 16 aromatic carbocycles. The number of para-hydroxylation sites is 5. The van der Waals surface area contributed by atoms with Gasteiger partial charge < -0.3 is 23.8 Å². The van der Waals surface area contributed by atoms with Gasteiger partial charge in [0.2, 0.25) is 0 Å². The minimum absolute atomic E-state index is 0.176. The highest BCUT2D eigenvalue weighted by Crippen LogP contribution is 2.55. The van der Waals surface area contributed by atoms with Crippen LogP contribution in [0.2, 0.25) is 0 Å². The molecule has 114 heavy (non-hydrogen) atoms. The lowest BCUT2D eigenvalue weighted by molar-refractivity contribution is 0.569. The van der Waals surface area contributed by atoms with Crippen molar-refractivity contribution in [3.05, 3.63) is 387 Å². The third-order valence-corrected chi connectivity index (χ3v) is 23.9. The van der Waals surface area contributed by atoms with Crippen molar-refractivity contribution < 1.29 is 0 Å². The summed E-state index contributed by atoms with van der Waals surface area (Å²) in [7, 11) is 0. The number of aromatic nitrogens is 2. The maximum Gasteiger partial charge on any atom is 0.252 e. The average molecular weight is 1470 g/mol. The Bertz CT molecular complexity index is 6520. The quantitative estimate of drug-likeness (QED) is 0.114. The molecule has 2 aliphatic rings. The average Bonchev–Trinajstić information content (AvgIpc) is 0.878. The molecule has 4 heterocycles. The molecule has 0 aliphatic carbocycles. The maximum absolute atomic E-state index is 2.73. The Kier molecular flexibility index (Phi) is 16.7. The van der Waals surface area contributed by atoms with Crippen molar-refractivity contribution in [2.45, 2.75) is 78.6 Å². The standard InChI is InChI=1S/C108H88BN5/c1-106(2,3)79-60-77(61-80(66-79)107(4,5)6)78-64-102-104-103(65-78)114(105-92(73-37-19-12-20-38-73)67-81(108(7,8)9)68-93(105)74-39-21-13-22-40-74)101-70-86(112-98-49-31-27-45-90(98)91-46-28-32-50-99(91)112)56-58-95(101)109(104)94-57-55-85(69-100(94)113(102)87-62-75(71-33-15-10-16-34-71)59-76(63-87)72-35-17-11-18-36-72)110(82-41-23-14-24-42-82)83-51-53-84(54-52-83)111-96-47-29-25-43-88(96)89-44-26-30-48-97(89)111/h10-70H,1-9H3. The fourth-order valence-electron chi connectivity index (χ4n) is 18.1. The van der Waals surface area contributed by atoms with E-state index in [1.165, 1.54) is 71.2 Å². The van der Waals surface area contributed by atoms with Crippen molar-refractivity contribution >= 4 is 118 Å². The molecule has 0 fully saturated rings. The van der Waals surface area contributed by atoms with Gasteiger partial charge in [0, 0.05) is 89.5 Å². The number of benzene rings is 16. The second-order valence-electron chi connectivity index (χ2n) is 34.1. The summed E-state index contributed by atoms with van der Waals surface area (Å²) < 4.78 is 4.92. The van der Waals surface area contributed by atoms with E-state index in [4.69, 9.17) is 0 Å². The SMILES string of the molecule is CC(C)(C)c1cc(-c2cc3c4c(c2)N(c2c(-c5ccccc5)cc(C(C)(C)C)cc2-c2ccccc2)c2cc(-n5c6ccccc6c6ccccc65)ccc2B4c2ccc(N(c4ccccc4)c4ccc(-n5c6ccccc6c6ccccc65)cc4)cc2N3c2cc(-c3ccccc3)cc(-c3ccccc3)c2)cc(C(C)(C)C)c1. The molecule has 0 radical (unpaired) electrons. The van der Waals surface area contributed by atoms with Crippen LogP contribution in [0.1, 0.15) is 79.0 Å². The summed E-state index contributed by atoms with van der Waals surface area (Å²) in [5.74, 6) is 0. The molecule has 5 nitrogen and oxygen atoms in total. The van der Waals surface area contributed by atoms with Crippen molar-refractivity contribution in [1.29, 1.82) is 0 Å². The predicted octanol–water partition coefficient (Wildman–Crippen LogP) is 27.7. The molecule has 0 atom stereocenters. The molecule has 2 aromatic heterocycles. The lowest BCUT2D eigenvalue weighted by atomic mass is 9.33. The normalized spacial score (nSPS) is 12.7. The number of rotatable bonds is 12. The Labute approximate surface area is 669 Å². The van der Waals surface area contributed by atoms with Crippen LogP contribution in [-0.2, 0) is 16.2 Å². The van der Waals surface area contributed by atoms with Crippen LogP contribution < -0.4 is 31.1 Å². The van der Waals surface area contributed by atoms with Gasteiger partial charge in [-0.25, -0.2) is 0 Å². The summed E-state index contributed by atoms with van der Waals surface area (Å²) >= 11 is 0. The van der Waals surface area contributed by atoms with Gasteiger partial charge in [0.25, 0.3) is 6.71 Å². The van der Waals surface area contributed by atoms with Gasteiger partial charge >= 0.3 is 0 Å². The fourth-order valence-corrected chi connectivity index (χ4v) is 18.1. The van der Waals surface area contributed by atoms with Crippen molar-refractivity contribution in [1.82, 2.24) is 9.13 Å². The van der Waals surface area contributed by atoms with Gasteiger partial charge in [-0.2, -0.15) is 0 Å². The van der Waals surface area contributed by atoms with Crippen LogP contribution in [0.25, 0.3) is 111 Å². The van der Waals surface area contributed by atoms with Gasteiger partial charge in [0.1, 0.15) is 0 Å². The molecule has 0 spiro atoms. The first-order valence-corrected chi connectivity index (χ1v) is 40.2. The topological polar surface area (TPSA) is 19.6 Å². The number of hydrogen-bond donors (Lipinski definition) is 0. The molecule has 20 rings (SSSR count). The highest BCUT2D eigenvalue weighted by molar-refractivity contribution is 7.00. The highest BCUT2D eigenvalue weighted by Gasteiger charge is 2.46. The largest absolute Gasteiger partial charge is 0.311 e. The number of nitrogens with zero attached hydrogens (tertiary/aromatic N) is 5.